The van der Waals surface area contributed by atoms with Crippen molar-refractivity contribution in [2.45, 2.75) is 13.0 Å². The molecule has 1 amide bonds. The van der Waals surface area contributed by atoms with Crippen LogP contribution in [0.1, 0.15) is 17.3 Å². The molecule has 0 saturated heterocycles. The van der Waals surface area contributed by atoms with E-state index in [0.29, 0.717) is 5.75 Å². The molecule has 8 heteroatoms. The summed E-state index contributed by atoms with van der Waals surface area (Å²) >= 11 is 0. The van der Waals surface area contributed by atoms with Crippen molar-refractivity contribution in [1.82, 2.24) is 0 Å². The van der Waals surface area contributed by atoms with Gasteiger partial charge in [0.1, 0.15) is 47.6 Å². The van der Waals surface area contributed by atoms with Gasteiger partial charge in [-0.2, -0.15) is 0 Å². The fraction of sp³-hybridized carbons (Fsp3) is 0.167. The Balaban J connectivity index is 1.57. The summed E-state index contributed by atoms with van der Waals surface area (Å²) in [6.07, 6.45) is -1.31. The van der Waals surface area contributed by atoms with Gasteiger partial charge in [-0.1, -0.05) is 36.4 Å². The van der Waals surface area contributed by atoms with E-state index >= 15 is 0 Å². The highest BCUT2D eigenvalue weighted by Gasteiger charge is 2.23. The second-order valence-electron chi connectivity index (χ2n) is 6.64. The van der Waals surface area contributed by atoms with E-state index in [4.69, 9.17) is 14.2 Å². The summed E-state index contributed by atoms with van der Waals surface area (Å²) in [4.78, 5) is 24.8. The summed E-state index contributed by atoms with van der Waals surface area (Å²) in [7, 11) is 0. The molecule has 0 heterocycles. The second kappa shape index (κ2) is 10.9. The number of esters is 1. The Bertz CT molecular complexity index is 1050. The molecule has 0 aliphatic rings. The first kappa shape index (κ1) is 22.7. The second-order valence-corrected chi connectivity index (χ2v) is 6.64. The maximum Gasteiger partial charge on any atom is 0.342 e. The number of anilines is 1. The van der Waals surface area contributed by atoms with Crippen LogP contribution in [0.15, 0.2) is 72.8 Å². The summed E-state index contributed by atoms with van der Waals surface area (Å²) < 4.78 is 43.8. The largest absolute Gasteiger partial charge is 0.490 e. The number of benzene rings is 3. The average molecular weight is 441 g/mol. The molecule has 32 heavy (non-hydrogen) atoms. The fourth-order valence-corrected chi connectivity index (χ4v) is 2.71. The van der Waals surface area contributed by atoms with Crippen molar-refractivity contribution in [2.24, 2.45) is 0 Å². The van der Waals surface area contributed by atoms with Gasteiger partial charge in [0.25, 0.3) is 5.91 Å². The molecule has 0 bridgehead atoms. The minimum Gasteiger partial charge on any atom is -0.490 e. The normalized spacial score (nSPS) is 11.3. The number of para-hydroxylation sites is 3. The van der Waals surface area contributed by atoms with Crippen LogP contribution in [0.25, 0.3) is 0 Å². The lowest BCUT2D eigenvalue weighted by Crippen LogP contribution is -2.30. The number of ether oxygens (including phenoxy) is 3. The van der Waals surface area contributed by atoms with Crippen molar-refractivity contribution in [1.29, 1.82) is 0 Å². The van der Waals surface area contributed by atoms with Gasteiger partial charge in [-0.3, -0.25) is 4.79 Å². The Morgan fingerprint density at radius 1 is 0.844 bits per heavy atom. The van der Waals surface area contributed by atoms with Crippen LogP contribution < -0.4 is 14.8 Å². The molecule has 6 nitrogen and oxygen atoms in total. The number of amides is 1. The molecule has 0 fully saturated rings. The quantitative estimate of drug-likeness (QED) is 0.388. The topological polar surface area (TPSA) is 73.9 Å². The molecule has 1 N–H and O–H groups in total. The van der Waals surface area contributed by atoms with E-state index in [-0.39, 0.29) is 24.5 Å². The van der Waals surface area contributed by atoms with E-state index in [1.807, 2.05) is 30.3 Å². The van der Waals surface area contributed by atoms with E-state index in [1.165, 1.54) is 19.1 Å². The fourth-order valence-electron chi connectivity index (χ4n) is 2.71. The van der Waals surface area contributed by atoms with Crippen LogP contribution in [-0.4, -0.2) is 31.2 Å². The lowest BCUT2D eigenvalue weighted by molar-refractivity contribution is -0.123. The zero-order valence-electron chi connectivity index (χ0n) is 17.2. The molecular formula is C24H21F2NO5. The van der Waals surface area contributed by atoms with Gasteiger partial charge in [-0.15, -0.1) is 0 Å². The van der Waals surface area contributed by atoms with Gasteiger partial charge in [0.2, 0.25) is 0 Å². The van der Waals surface area contributed by atoms with E-state index in [9.17, 15) is 18.4 Å². The monoisotopic (exact) mass is 441 g/mol. The minimum absolute atomic E-state index is 0.101. The van der Waals surface area contributed by atoms with Crippen LogP contribution in [0.3, 0.4) is 0 Å². The molecule has 0 spiro atoms. The highest BCUT2D eigenvalue weighted by atomic mass is 19.1. The minimum atomic E-state index is -1.31. The van der Waals surface area contributed by atoms with Crippen molar-refractivity contribution in [3.05, 3.63) is 90.0 Å². The predicted octanol–water partition coefficient (Wildman–Crippen LogP) is 4.61. The van der Waals surface area contributed by atoms with Gasteiger partial charge >= 0.3 is 5.97 Å². The van der Waals surface area contributed by atoms with Crippen LogP contribution >= 0.6 is 0 Å². The Hall–Kier alpha value is -3.94. The maximum absolute atomic E-state index is 13.7. The van der Waals surface area contributed by atoms with Crippen molar-refractivity contribution in [3.8, 4) is 11.5 Å². The number of nitrogens with one attached hydrogen (secondary N) is 1. The molecule has 0 aromatic heterocycles. The SMILES string of the molecule is CC(OC(=O)c1ccccc1OCCOc1ccccc1)C(=O)Nc1c(F)cccc1F. The Labute approximate surface area is 183 Å². The third-order valence-electron chi connectivity index (χ3n) is 4.32. The van der Waals surface area contributed by atoms with E-state index in [1.54, 1.807) is 18.2 Å². The number of carbonyl (C=O) groups is 2. The molecule has 3 aromatic rings. The zero-order chi connectivity index (χ0) is 22.9. The standard InChI is InChI=1S/C24H21F2NO5/c1-16(23(28)27-22-19(25)11-7-12-20(22)26)32-24(29)18-10-5-6-13-21(18)31-15-14-30-17-8-3-2-4-9-17/h2-13,16H,14-15H2,1H3,(H,27,28). The third-order valence-corrected chi connectivity index (χ3v) is 4.32. The number of rotatable bonds is 9. The van der Waals surface area contributed by atoms with Crippen LogP contribution in [0, 0.1) is 11.6 Å². The van der Waals surface area contributed by atoms with Crippen molar-refractivity contribution in [2.75, 3.05) is 18.5 Å². The first-order chi connectivity index (χ1) is 15.5. The lowest BCUT2D eigenvalue weighted by Gasteiger charge is -2.16. The van der Waals surface area contributed by atoms with Gasteiger partial charge in [0.15, 0.2) is 6.10 Å². The first-order valence-corrected chi connectivity index (χ1v) is 9.81. The van der Waals surface area contributed by atoms with Crippen LogP contribution in [0.5, 0.6) is 11.5 Å². The highest BCUT2D eigenvalue weighted by molar-refractivity contribution is 5.98. The van der Waals surface area contributed by atoms with Gasteiger partial charge < -0.3 is 19.5 Å². The number of hydrogen-bond acceptors (Lipinski definition) is 5. The third kappa shape index (κ3) is 6.04. The first-order valence-electron chi connectivity index (χ1n) is 9.81. The molecule has 166 valence electrons. The van der Waals surface area contributed by atoms with Crippen LogP contribution in [0.4, 0.5) is 14.5 Å². The van der Waals surface area contributed by atoms with Crippen molar-refractivity contribution < 1.29 is 32.6 Å². The Morgan fingerprint density at radius 3 is 2.19 bits per heavy atom. The van der Waals surface area contributed by atoms with Gasteiger partial charge in [0.05, 0.1) is 0 Å². The molecular weight excluding hydrogens is 420 g/mol. The molecule has 0 aliphatic carbocycles. The Morgan fingerprint density at radius 2 is 1.47 bits per heavy atom. The molecule has 1 atom stereocenters. The predicted molar refractivity (Wildman–Crippen MR) is 114 cm³/mol. The molecule has 3 aromatic carbocycles. The highest BCUT2D eigenvalue weighted by Crippen LogP contribution is 2.21. The Kier molecular flexibility index (Phi) is 7.75. The molecule has 3 rings (SSSR count). The number of carbonyl (C=O) groups excluding carboxylic acids is 2. The summed E-state index contributed by atoms with van der Waals surface area (Å²) in [5.41, 5.74) is -0.508. The number of hydrogen-bond donors (Lipinski definition) is 1. The number of halogens is 2. The summed E-state index contributed by atoms with van der Waals surface area (Å²) in [6.45, 7) is 1.71. The smallest absolute Gasteiger partial charge is 0.342 e. The van der Waals surface area contributed by atoms with Gasteiger partial charge in [-0.25, -0.2) is 13.6 Å². The van der Waals surface area contributed by atoms with Crippen LogP contribution in [0.2, 0.25) is 0 Å². The molecule has 0 saturated carbocycles. The molecule has 1 unspecified atom stereocenters. The lowest BCUT2D eigenvalue weighted by atomic mass is 10.2. The van der Waals surface area contributed by atoms with E-state index in [2.05, 4.69) is 5.32 Å². The summed E-state index contributed by atoms with van der Waals surface area (Å²) in [6, 6.07) is 18.7. The molecule has 0 aliphatic heterocycles. The average Bonchev–Trinajstić information content (AvgIpc) is 2.80. The van der Waals surface area contributed by atoms with Gasteiger partial charge in [0, 0.05) is 0 Å². The maximum atomic E-state index is 13.7. The molecule has 0 radical (unpaired) electrons. The zero-order valence-corrected chi connectivity index (χ0v) is 17.2. The summed E-state index contributed by atoms with van der Waals surface area (Å²) in [5, 5.41) is 2.09. The van der Waals surface area contributed by atoms with E-state index in [0.717, 1.165) is 12.1 Å². The van der Waals surface area contributed by atoms with E-state index < -0.39 is 35.3 Å². The van der Waals surface area contributed by atoms with Crippen LogP contribution in [-0.2, 0) is 9.53 Å². The van der Waals surface area contributed by atoms with Gasteiger partial charge in [-0.05, 0) is 43.3 Å². The van der Waals surface area contributed by atoms with Crippen molar-refractivity contribution in [3.63, 3.8) is 0 Å². The summed E-state index contributed by atoms with van der Waals surface area (Å²) in [5.74, 6) is -2.63. The van der Waals surface area contributed by atoms with Crippen molar-refractivity contribution >= 4 is 17.6 Å².